The Balaban J connectivity index is 2.74. The zero-order chi connectivity index (χ0) is 14.6. The van der Waals surface area contributed by atoms with E-state index in [-0.39, 0.29) is 36.9 Å². The largest absolute Gasteiger partial charge is 0.481 e. The summed E-state index contributed by atoms with van der Waals surface area (Å²) in [6.45, 7) is 2.68. The minimum absolute atomic E-state index is 0.0216. The molecule has 0 bridgehead atoms. The van der Waals surface area contributed by atoms with Gasteiger partial charge in [-0.3, -0.25) is 14.5 Å². The molecule has 8 heteroatoms. The van der Waals surface area contributed by atoms with Gasteiger partial charge in [0.2, 0.25) is 5.91 Å². The highest BCUT2D eigenvalue weighted by atomic mass is 32.2. The Morgan fingerprint density at radius 3 is 2.58 bits per heavy atom. The Kier molecular flexibility index (Phi) is 5.30. The van der Waals surface area contributed by atoms with E-state index in [0.717, 1.165) is 0 Å². The zero-order valence-corrected chi connectivity index (χ0v) is 12.0. The van der Waals surface area contributed by atoms with Crippen LogP contribution in [-0.4, -0.2) is 79.4 Å². The van der Waals surface area contributed by atoms with E-state index >= 15 is 0 Å². The van der Waals surface area contributed by atoms with Crippen molar-refractivity contribution < 1.29 is 23.1 Å². The molecule has 1 heterocycles. The molecule has 1 N–H and O–H groups in total. The van der Waals surface area contributed by atoms with E-state index in [2.05, 4.69) is 0 Å². The van der Waals surface area contributed by atoms with E-state index in [1.807, 2.05) is 6.92 Å². The fourth-order valence-electron chi connectivity index (χ4n) is 1.99. The number of rotatable bonds is 5. The summed E-state index contributed by atoms with van der Waals surface area (Å²) in [5, 5.41) is 8.83. The van der Waals surface area contributed by atoms with Crippen molar-refractivity contribution in [2.75, 3.05) is 38.2 Å². The fourth-order valence-corrected chi connectivity index (χ4v) is 3.58. The Bertz CT molecular complexity index is 448. The Labute approximate surface area is 113 Å². The van der Waals surface area contributed by atoms with E-state index in [0.29, 0.717) is 6.54 Å². The maximum atomic E-state index is 11.8. The minimum Gasteiger partial charge on any atom is -0.481 e. The van der Waals surface area contributed by atoms with Gasteiger partial charge in [-0.05, 0) is 6.92 Å². The molecule has 1 amide bonds. The molecule has 0 aliphatic carbocycles. The second-order valence-electron chi connectivity index (χ2n) is 4.74. The van der Waals surface area contributed by atoms with Gasteiger partial charge in [-0.25, -0.2) is 8.42 Å². The van der Waals surface area contributed by atoms with Crippen LogP contribution in [-0.2, 0) is 19.4 Å². The Morgan fingerprint density at radius 1 is 1.42 bits per heavy atom. The van der Waals surface area contributed by atoms with Gasteiger partial charge in [0, 0.05) is 26.2 Å². The van der Waals surface area contributed by atoms with Crippen molar-refractivity contribution in [1.82, 2.24) is 9.80 Å². The standard InChI is InChI=1S/C11H20N2O5S/c1-3-12(2)10(14)7-13-4-5-19(17,18)8-9(13)6-11(15)16/h9H,3-8H2,1-2H3,(H,15,16). The van der Waals surface area contributed by atoms with Crippen LogP contribution in [0.3, 0.4) is 0 Å². The maximum Gasteiger partial charge on any atom is 0.304 e. The number of carbonyl (C=O) groups excluding carboxylic acids is 1. The lowest BCUT2D eigenvalue weighted by Gasteiger charge is -2.34. The number of carboxylic acid groups (broad SMARTS) is 1. The van der Waals surface area contributed by atoms with Crippen LogP contribution in [0, 0.1) is 0 Å². The number of nitrogens with zero attached hydrogens (tertiary/aromatic N) is 2. The average Bonchev–Trinajstić information content (AvgIpc) is 2.30. The molecule has 1 rings (SSSR count). The summed E-state index contributed by atoms with van der Waals surface area (Å²) in [6, 6.07) is -0.620. The lowest BCUT2D eigenvalue weighted by molar-refractivity contribution is -0.139. The number of carbonyl (C=O) groups is 2. The molecule has 0 aromatic rings. The van der Waals surface area contributed by atoms with E-state index in [4.69, 9.17) is 5.11 Å². The van der Waals surface area contributed by atoms with Crippen LogP contribution in [0.1, 0.15) is 13.3 Å². The number of hydrogen-bond acceptors (Lipinski definition) is 5. The molecule has 0 spiro atoms. The van der Waals surface area contributed by atoms with E-state index in [9.17, 15) is 18.0 Å². The lowest BCUT2D eigenvalue weighted by Crippen LogP contribution is -2.52. The minimum atomic E-state index is -3.20. The quantitative estimate of drug-likeness (QED) is 0.701. The first-order valence-electron chi connectivity index (χ1n) is 6.15. The predicted molar refractivity (Wildman–Crippen MR) is 69.6 cm³/mol. The van der Waals surface area contributed by atoms with Gasteiger partial charge in [-0.1, -0.05) is 0 Å². The molecule has 7 nitrogen and oxygen atoms in total. The number of likely N-dealkylation sites (N-methyl/N-ethyl adjacent to an activating group) is 1. The van der Waals surface area contributed by atoms with Gasteiger partial charge in [-0.15, -0.1) is 0 Å². The molecule has 1 aliphatic rings. The predicted octanol–water partition coefficient (Wildman–Crippen LogP) is -0.962. The highest BCUT2D eigenvalue weighted by Crippen LogP contribution is 2.15. The van der Waals surface area contributed by atoms with Gasteiger partial charge < -0.3 is 10.0 Å². The number of hydrogen-bond donors (Lipinski definition) is 1. The van der Waals surface area contributed by atoms with Crippen molar-refractivity contribution in [3.63, 3.8) is 0 Å². The monoisotopic (exact) mass is 292 g/mol. The third-order valence-corrected chi connectivity index (χ3v) is 5.00. The van der Waals surface area contributed by atoms with Crippen molar-refractivity contribution in [3.8, 4) is 0 Å². The van der Waals surface area contributed by atoms with Crippen molar-refractivity contribution in [1.29, 1.82) is 0 Å². The first-order chi connectivity index (χ1) is 8.75. The highest BCUT2D eigenvalue weighted by Gasteiger charge is 2.33. The van der Waals surface area contributed by atoms with E-state index in [1.165, 1.54) is 4.90 Å². The van der Waals surface area contributed by atoms with Crippen molar-refractivity contribution in [2.45, 2.75) is 19.4 Å². The molecule has 0 radical (unpaired) electrons. The van der Waals surface area contributed by atoms with Gasteiger partial charge in [-0.2, -0.15) is 0 Å². The zero-order valence-electron chi connectivity index (χ0n) is 11.2. The highest BCUT2D eigenvalue weighted by molar-refractivity contribution is 7.91. The average molecular weight is 292 g/mol. The van der Waals surface area contributed by atoms with Crippen LogP contribution >= 0.6 is 0 Å². The molecule has 0 saturated carbocycles. The van der Waals surface area contributed by atoms with Crippen LogP contribution in [0.15, 0.2) is 0 Å². The van der Waals surface area contributed by atoms with Crippen molar-refractivity contribution in [3.05, 3.63) is 0 Å². The summed E-state index contributed by atoms with van der Waals surface area (Å²) in [5.41, 5.74) is 0. The Morgan fingerprint density at radius 2 is 2.05 bits per heavy atom. The molecule has 0 aromatic heterocycles. The van der Waals surface area contributed by atoms with E-state index in [1.54, 1.807) is 11.9 Å². The number of amides is 1. The van der Waals surface area contributed by atoms with Gasteiger partial charge in [0.15, 0.2) is 9.84 Å². The summed E-state index contributed by atoms with van der Waals surface area (Å²) in [7, 11) is -1.54. The topological polar surface area (TPSA) is 95.0 Å². The molecule has 19 heavy (non-hydrogen) atoms. The molecule has 1 atom stereocenters. The smallest absolute Gasteiger partial charge is 0.304 e. The molecule has 1 fully saturated rings. The summed E-state index contributed by atoms with van der Waals surface area (Å²) in [5.74, 6) is -1.39. The first kappa shape index (κ1) is 15.9. The Hall–Kier alpha value is -1.15. The van der Waals surface area contributed by atoms with Gasteiger partial charge in [0.05, 0.1) is 24.5 Å². The maximum absolute atomic E-state index is 11.8. The summed E-state index contributed by atoms with van der Waals surface area (Å²) in [4.78, 5) is 25.8. The van der Waals surface area contributed by atoms with E-state index < -0.39 is 21.8 Å². The molecule has 110 valence electrons. The number of carboxylic acids is 1. The van der Waals surface area contributed by atoms with Gasteiger partial charge in [0.1, 0.15) is 0 Å². The lowest BCUT2D eigenvalue weighted by atomic mass is 10.2. The van der Waals surface area contributed by atoms with Crippen LogP contribution in [0.4, 0.5) is 0 Å². The molecule has 1 saturated heterocycles. The number of aliphatic carboxylic acids is 1. The van der Waals surface area contributed by atoms with Crippen molar-refractivity contribution >= 4 is 21.7 Å². The van der Waals surface area contributed by atoms with Gasteiger partial charge in [0.25, 0.3) is 0 Å². The molecular weight excluding hydrogens is 272 g/mol. The number of sulfone groups is 1. The normalized spacial score (nSPS) is 22.9. The third kappa shape index (κ3) is 4.79. The summed E-state index contributed by atoms with van der Waals surface area (Å²) < 4.78 is 23.1. The molecule has 1 aliphatic heterocycles. The van der Waals surface area contributed by atoms with Crippen LogP contribution in [0.5, 0.6) is 0 Å². The molecule has 1 unspecified atom stereocenters. The summed E-state index contributed by atoms with van der Waals surface area (Å²) in [6.07, 6.45) is -0.262. The SMILES string of the molecule is CCN(C)C(=O)CN1CCS(=O)(=O)CC1CC(=O)O. The van der Waals surface area contributed by atoms with Crippen molar-refractivity contribution in [2.24, 2.45) is 0 Å². The molecular formula is C11H20N2O5S. The van der Waals surface area contributed by atoms with Crippen LogP contribution in [0.2, 0.25) is 0 Å². The summed E-state index contributed by atoms with van der Waals surface area (Å²) >= 11 is 0. The van der Waals surface area contributed by atoms with Gasteiger partial charge >= 0.3 is 5.97 Å². The second kappa shape index (κ2) is 6.33. The second-order valence-corrected chi connectivity index (χ2v) is 6.97. The third-order valence-electron chi connectivity index (χ3n) is 3.30. The first-order valence-corrected chi connectivity index (χ1v) is 7.97. The molecule has 0 aromatic carbocycles. The van der Waals surface area contributed by atoms with Crippen LogP contribution < -0.4 is 0 Å². The van der Waals surface area contributed by atoms with Crippen LogP contribution in [0.25, 0.3) is 0 Å². The fraction of sp³-hybridized carbons (Fsp3) is 0.818.